The van der Waals surface area contributed by atoms with Gasteiger partial charge >= 0.3 is 6.03 Å². The van der Waals surface area contributed by atoms with Gasteiger partial charge in [-0.3, -0.25) is 5.41 Å². The van der Waals surface area contributed by atoms with E-state index in [1.54, 1.807) is 30.3 Å². The average Bonchev–Trinajstić information content (AvgIpc) is 2.45. The summed E-state index contributed by atoms with van der Waals surface area (Å²) in [4.78, 5) is 11.7. The molecule has 0 aliphatic rings. The summed E-state index contributed by atoms with van der Waals surface area (Å²) in [7, 11) is 0. The highest BCUT2D eigenvalue weighted by Gasteiger charge is 2.03. The zero-order valence-corrected chi connectivity index (χ0v) is 11.2. The van der Waals surface area contributed by atoms with Crippen LogP contribution in [0, 0.1) is 11.2 Å². The van der Waals surface area contributed by atoms with E-state index >= 15 is 0 Å². The second kappa shape index (κ2) is 6.51. The second-order valence-electron chi connectivity index (χ2n) is 4.43. The Kier molecular flexibility index (Phi) is 4.50. The molecule has 2 aromatic rings. The second-order valence-corrected chi connectivity index (χ2v) is 4.43. The quantitative estimate of drug-likeness (QED) is 0.513. The summed E-state index contributed by atoms with van der Waals surface area (Å²) >= 11 is 0. The van der Waals surface area contributed by atoms with Gasteiger partial charge in [0.15, 0.2) is 0 Å². The van der Waals surface area contributed by atoms with Gasteiger partial charge in [-0.1, -0.05) is 30.3 Å². The van der Waals surface area contributed by atoms with Gasteiger partial charge in [0, 0.05) is 17.8 Å². The van der Waals surface area contributed by atoms with Crippen LogP contribution in [0.15, 0.2) is 48.5 Å². The van der Waals surface area contributed by atoms with E-state index in [1.807, 2.05) is 0 Å². The molecule has 0 radical (unpaired) electrons. The summed E-state index contributed by atoms with van der Waals surface area (Å²) in [5.41, 5.74) is 7.24. The van der Waals surface area contributed by atoms with Crippen LogP contribution in [0.4, 0.5) is 14.9 Å². The molecule has 108 valence electrons. The van der Waals surface area contributed by atoms with Crippen LogP contribution in [0.5, 0.6) is 0 Å². The van der Waals surface area contributed by atoms with Crippen LogP contribution in [0.3, 0.4) is 0 Å². The molecule has 5 N–H and O–H groups in total. The van der Waals surface area contributed by atoms with Gasteiger partial charge < -0.3 is 16.4 Å². The highest BCUT2D eigenvalue weighted by molar-refractivity contribution is 5.94. The zero-order chi connectivity index (χ0) is 15.2. The summed E-state index contributed by atoms with van der Waals surface area (Å²) in [5, 5.41) is 12.5. The fourth-order valence-electron chi connectivity index (χ4n) is 1.73. The van der Waals surface area contributed by atoms with Crippen molar-refractivity contribution in [3.63, 3.8) is 0 Å². The first-order valence-electron chi connectivity index (χ1n) is 6.28. The van der Waals surface area contributed by atoms with Gasteiger partial charge in [0.2, 0.25) is 0 Å². The molecule has 5 nitrogen and oxygen atoms in total. The van der Waals surface area contributed by atoms with E-state index in [1.165, 1.54) is 18.2 Å². The molecule has 2 aromatic carbocycles. The molecule has 0 aromatic heterocycles. The lowest BCUT2D eigenvalue weighted by molar-refractivity contribution is 0.251. The molecule has 0 aliphatic heterocycles. The van der Waals surface area contributed by atoms with Crippen molar-refractivity contribution in [2.75, 3.05) is 5.32 Å². The largest absolute Gasteiger partial charge is 0.384 e. The molecule has 0 aliphatic carbocycles. The molecular formula is C15H15FN4O. The Hall–Kier alpha value is -2.89. The molecule has 0 saturated carbocycles. The number of amidine groups is 1. The lowest BCUT2D eigenvalue weighted by atomic mass is 10.1. The fourth-order valence-corrected chi connectivity index (χ4v) is 1.73. The normalized spacial score (nSPS) is 9.95. The van der Waals surface area contributed by atoms with Crippen molar-refractivity contribution in [3.05, 3.63) is 65.5 Å². The Morgan fingerprint density at radius 3 is 2.52 bits per heavy atom. The number of urea groups is 1. The van der Waals surface area contributed by atoms with Crippen LogP contribution in [-0.4, -0.2) is 11.9 Å². The molecule has 0 heterocycles. The number of carbonyl (C=O) groups is 1. The Labute approximate surface area is 121 Å². The first-order chi connectivity index (χ1) is 10.0. The third-order valence-electron chi connectivity index (χ3n) is 2.80. The number of carbonyl (C=O) groups excluding carboxylic acids is 1. The third kappa shape index (κ3) is 4.31. The maximum atomic E-state index is 13.0. The summed E-state index contributed by atoms with van der Waals surface area (Å²) in [6.45, 7) is 0.319. The molecule has 21 heavy (non-hydrogen) atoms. The van der Waals surface area contributed by atoms with E-state index in [4.69, 9.17) is 11.1 Å². The first kappa shape index (κ1) is 14.5. The number of nitrogens with two attached hydrogens (primary N) is 1. The number of nitrogen functional groups attached to an aromatic ring is 1. The minimum absolute atomic E-state index is 0.00152. The van der Waals surface area contributed by atoms with Crippen LogP contribution in [0.2, 0.25) is 0 Å². The number of nitrogens with one attached hydrogen (secondary N) is 3. The predicted molar refractivity (Wildman–Crippen MR) is 79.7 cm³/mol. The van der Waals surface area contributed by atoms with Crippen molar-refractivity contribution in [2.24, 2.45) is 5.73 Å². The van der Waals surface area contributed by atoms with E-state index < -0.39 is 11.8 Å². The van der Waals surface area contributed by atoms with E-state index in [2.05, 4.69) is 10.6 Å². The highest BCUT2D eigenvalue weighted by atomic mass is 19.1. The van der Waals surface area contributed by atoms with Gasteiger partial charge in [0.05, 0.1) is 0 Å². The SMILES string of the molecule is N=C(N)c1ccc(CNC(=O)Nc2cccc(F)c2)cc1. The molecule has 2 amide bonds. The molecule has 0 spiro atoms. The Balaban J connectivity index is 1.87. The van der Waals surface area contributed by atoms with Gasteiger partial charge in [0.1, 0.15) is 11.7 Å². The summed E-state index contributed by atoms with van der Waals surface area (Å²) in [6.07, 6.45) is 0. The van der Waals surface area contributed by atoms with Gasteiger partial charge in [-0.2, -0.15) is 0 Å². The number of hydrogen-bond donors (Lipinski definition) is 4. The van der Waals surface area contributed by atoms with Crippen molar-refractivity contribution < 1.29 is 9.18 Å². The van der Waals surface area contributed by atoms with Gasteiger partial charge in [-0.15, -0.1) is 0 Å². The number of benzene rings is 2. The number of anilines is 1. The minimum Gasteiger partial charge on any atom is -0.384 e. The van der Waals surface area contributed by atoms with E-state index in [0.29, 0.717) is 17.8 Å². The standard InChI is InChI=1S/C15H15FN4O/c16-12-2-1-3-13(8-12)20-15(21)19-9-10-4-6-11(7-5-10)14(17)18/h1-8H,9H2,(H3,17,18)(H2,19,20,21). The lowest BCUT2D eigenvalue weighted by Crippen LogP contribution is -2.28. The van der Waals surface area contributed by atoms with Crippen molar-refractivity contribution in [1.29, 1.82) is 5.41 Å². The number of halogens is 1. The molecule has 6 heteroatoms. The molecule has 2 rings (SSSR count). The summed E-state index contributed by atoms with van der Waals surface area (Å²) < 4.78 is 13.0. The van der Waals surface area contributed by atoms with Gasteiger partial charge in [-0.25, -0.2) is 9.18 Å². The van der Waals surface area contributed by atoms with E-state index in [0.717, 1.165) is 5.56 Å². The molecule has 0 unspecified atom stereocenters. The highest BCUT2D eigenvalue weighted by Crippen LogP contribution is 2.09. The smallest absolute Gasteiger partial charge is 0.319 e. The maximum absolute atomic E-state index is 13.0. The predicted octanol–water partition coefficient (Wildman–Crippen LogP) is 2.43. The van der Waals surface area contributed by atoms with Crippen LogP contribution >= 0.6 is 0 Å². The fraction of sp³-hybridized carbons (Fsp3) is 0.0667. The van der Waals surface area contributed by atoms with Gasteiger partial charge in [-0.05, 0) is 23.8 Å². The molecule has 0 atom stereocenters. The Morgan fingerprint density at radius 2 is 1.90 bits per heavy atom. The zero-order valence-electron chi connectivity index (χ0n) is 11.2. The van der Waals surface area contributed by atoms with Crippen molar-refractivity contribution in [2.45, 2.75) is 6.54 Å². The number of rotatable bonds is 4. The summed E-state index contributed by atoms with van der Waals surface area (Å²) in [5.74, 6) is -0.411. The Morgan fingerprint density at radius 1 is 1.19 bits per heavy atom. The van der Waals surface area contributed by atoms with Crippen LogP contribution < -0.4 is 16.4 Å². The number of amides is 2. The van der Waals surface area contributed by atoms with Crippen LogP contribution in [-0.2, 0) is 6.54 Å². The lowest BCUT2D eigenvalue weighted by Gasteiger charge is -2.08. The van der Waals surface area contributed by atoms with Crippen molar-refractivity contribution >= 4 is 17.6 Å². The molecule has 0 fully saturated rings. The van der Waals surface area contributed by atoms with E-state index in [-0.39, 0.29) is 5.84 Å². The van der Waals surface area contributed by atoms with Gasteiger partial charge in [0.25, 0.3) is 0 Å². The monoisotopic (exact) mass is 286 g/mol. The molecule has 0 saturated heterocycles. The van der Waals surface area contributed by atoms with E-state index in [9.17, 15) is 9.18 Å². The number of hydrogen-bond acceptors (Lipinski definition) is 2. The maximum Gasteiger partial charge on any atom is 0.319 e. The first-order valence-corrected chi connectivity index (χ1v) is 6.28. The minimum atomic E-state index is -0.420. The third-order valence-corrected chi connectivity index (χ3v) is 2.80. The van der Waals surface area contributed by atoms with Crippen molar-refractivity contribution in [3.8, 4) is 0 Å². The van der Waals surface area contributed by atoms with Crippen molar-refractivity contribution in [1.82, 2.24) is 5.32 Å². The molecular weight excluding hydrogens is 271 g/mol. The van der Waals surface area contributed by atoms with Crippen LogP contribution in [0.1, 0.15) is 11.1 Å². The average molecular weight is 286 g/mol. The Bertz CT molecular complexity index is 655. The topological polar surface area (TPSA) is 91.0 Å². The summed E-state index contributed by atoms with van der Waals surface area (Å²) in [6, 6.07) is 12.2. The van der Waals surface area contributed by atoms with Crippen LogP contribution in [0.25, 0.3) is 0 Å². The molecule has 0 bridgehead atoms.